The highest BCUT2D eigenvalue weighted by molar-refractivity contribution is 6.04. The number of hydrogen-bond acceptors (Lipinski definition) is 7. The van der Waals surface area contributed by atoms with Crippen molar-refractivity contribution in [1.82, 2.24) is 4.98 Å². The zero-order chi connectivity index (χ0) is 15.4. The Morgan fingerprint density at radius 2 is 1.86 bits per heavy atom. The van der Waals surface area contributed by atoms with Gasteiger partial charge in [-0.1, -0.05) is 0 Å². The zero-order valence-electron chi connectivity index (χ0n) is 11.5. The van der Waals surface area contributed by atoms with Crippen LogP contribution in [0.1, 0.15) is 34.7 Å². The van der Waals surface area contributed by atoms with Gasteiger partial charge in [0.2, 0.25) is 5.71 Å². The molecule has 0 saturated heterocycles. The topological polar surface area (TPSA) is 95.7 Å². The van der Waals surface area contributed by atoms with Crippen LogP contribution in [0.25, 0.3) is 11.1 Å². The Bertz CT molecular complexity index is 749. The SMILES string of the molecule is CCOC(=O)c1cc2c(=O)ccoc2nc1C(=O)OCC. The summed E-state index contributed by atoms with van der Waals surface area (Å²) < 4.78 is 14.8. The highest BCUT2D eigenvalue weighted by Gasteiger charge is 2.23. The first-order chi connectivity index (χ1) is 10.1. The summed E-state index contributed by atoms with van der Waals surface area (Å²) in [6, 6.07) is 2.43. The average molecular weight is 291 g/mol. The van der Waals surface area contributed by atoms with Crippen molar-refractivity contribution in [3.05, 3.63) is 39.9 Å². The van der Waals surface area contributed by atoms with E-state index in [2.05, 4.69) is 4.98 Å². The molecule has 0 unspecified atom stereocenters. The molecule has 2 heterocycles. The molecule has 2 rings (SSSR count). The second kappa shape index (κ2) is 6.17. The van der Waals surface area contributed by atoms with E-state index >= 15 is 0 Å². The normalized spacial score (nSPS) is 10.4. The maximum absolute atomic E-state index is 11.9. The van der Waals surface area contributed by atoms with Crippen LogP contribution in [0, 0.1) is 0 Å². The number of fused-ring (bicyclic) bond motifs is 1. The quantitative estimate of drug-likeness (QED) is 0.788. The van der Waals surface area contributed by atoms with Crippen LogP contribution in [-0.2, 0) is 9.47 Å². The fraction of sp³-hybridized carbons (Fsp3) is 0.286. The summed E-state index contributed by atoms with van der Waals surface area (Å²) in [5.74, 6) is -1.54. The molecule has 0 aliphatic carbocycles. The van der Waals surface area contributed by atoms with Gasteiger partial charge < -0.3 is 13.9 Å². The molecule has 0 aromatic carbocycles. The molecule has 0 fully saturated rings. The lowest BCUT2D eigenvalue weighted by atomic mass is 10.1. The summed E-state index contributed by atoms with van der Waals surface area (Å²) in [6.45, 7) is 3.51. The Morgan fingerprint density at radius 3 is 2.52 bits per heavy atom. The van der Waals surface area contributed by atoms with Gasteiger partial charge in [-0.25, -0.2) is 14.6 Å². The van der Waals surface area contributed by atoms with E-state index in [-0.39, 0.29) is 41.0 Å². The highest BCUT2D eigenvalue weighted by Crippen LogP contribution is 2.16. The van der Waals surface area contributed by atoms with Crippen molar-refractivity contribution in [2.45, 2.75) is 13.8 Å². The Balaban J connectivity index is 2.68. The van der Waals surface area contributed by atoms with E-state index in [0.717, 1.165) is 6.26 Å². The minimum atomic E-state index is -0.783. The Morgan fingerprint density at radius 1 is 1.19 bits per heavy atom. The number of esters is 2. The van der Waals surface area contributed by atoms with Crippen molar-refractivity contribution in [2.24, 2.45) is 0 Å². The lowest BCUT2D eigenvalue weighted by Gasteiger charge is -2.08. The van der Waals surface area contributed by atoms with E-state index in [1.165, 1.54) is 12.1 Å². The van der Waals surface area contributed by atoms with Gasteiger partial charge in [0.05, 0.1) is 30.4 Å². The van der Waals surface area contributed by atoms with Crippen LogP contribution in [-0.4, -0.2) is 30.1 Å². The van der Waals surface area contributed by atoms with Gasteiger partial charge in [-0.2, -0.15) is 0 Å². The van der Waals surface area contributed by atoms with Crippen molar-refractivity contribution in [2.75, 3.05) is 13.2 Å². The number of hydrogen-bond donors (Lipinski definition) is 0. The van der Waals surface area contributed by atoms with Crippen LogP contribution < -0.4 is 5.43 Å². The molecule has 110 valence electrons. The molecule has 0 aliphatic rings. The predicted octanol–water partition coefficient (Wildman–Crippen LogP) is 1.54. The summed E-state index contributed by atoms with van der Waals surface area (Å²) in [5, 5.41) is 0.0913. The predicted molar refractivity (Wildman–Crippen MR) is 72.2 cm³/mol. The first-order valence-electron chi connectivity index (χ1n) is 6.35. The summed E-state index contributed by atoms with van der Waals surface area (Å²) in [6.07, 6.45) is 1.16. The fourth-order valence-corrected chi connectivity index (χ4v) is 1.73. The van der Waals surface area contributed by atoms with Gasteiger partial charge in [-0.3, -0.25) is 4.79 Å². The Labute approximate surface area is 119 Å². The average Bonchev–Trinajstić information content (AvgIpc) is 2.47. The van der Waals surface area contributed by atoms with Gasteiger partial charge in [0, 0.05) is 6.07 Å². The molecule has 7 heteroatoms. The van der Waals surface area contributed by atoms with Crippen molar-refractivity contribution in [1.29, 1.82) is 0 Å². The van der Waals surface area contributed by atoms with Crippen LogP contribution in [0.2, 0.25) is 0 Å². The molecule has 0 saturated carbocycles. The lowest BCUT2D eigenvalue weighted by Crippen LogP contribution is -2.17. The second-order valence-electron chi connectivity index (χ2n) is 3.96. The van der Waals surface area contributed by atoms with Crippen LogP contribution in [0.5, 0.6) is 0 Å². The van der Waals surface area contributed by atoms with Gasteiger partial charge in [0.25, 0.3) is 0 Å². The first-order valence-corrected chi connectivity index (χ1v) is 6.35. The fourth-order valence-electron chi connectivity index (χ4n) is 1.73. The zero-order valence-corrected chi connectivity index (χ0v) is 11.5. The van der Waals surface area contributed by atoms with Crippen LogP contribution in [0.4, 0.5) is 0 Å². The molecule has 0 bridgehead atoms. The van der Waals surface area contributed by atoms with Crippen LogP contribution in [0.3, 0.4) is 0 Å². The highest BCUT2D eigenvalue weighted by atomic mass is 16.5. The third-order valence-electron chi connectivity index (χ3n) is 2.62. The summed E-state index contributed by atoms with van der Waals surface area (Å²) in [5.41, 5.74) is -0.776. The molecule has 2 aromatic heterocycles. The molecular weight excluding hydrogens is 278 g/mol. The van der Waals surface area contributed by atoms with Gasteiger partial charge in [0.1, 0.15) is 0 Å². The number of carbonyl (C=O) groups excluding carboxylic acids is 2. The lowest BCUT2D eigenvalue weighted by molar-refractivity contribution is 0.0473. The maximum Gasteiger partial charge on any atom is 0.357 e. The van der Waals surface area contributed by atoms with Gasteiger partial charge in [-0.15, -0.1) is 0 Å². The molecule has 0 radical (unpaired) electrons. The molecule has 21 heavy (non-hydrogen) atoms. The number of nitrogens with zero attached hydrogens (tertiary/aromatic N) is 1. The van der Waals surface area contributed by atoms with E-state index in [9.17, 15) is 14.4 Å². The van der Waals surface area contributed by atoms with E-state index in [4.69, 9.17) is 13.9 Å². The molecule has 0 aliphatic heterocycles. The third-order valence-corrected chi connectivity index (χ3v) is 2.62. The minimum absolute atomic E-state index is 0.0430. The van der Waals surface area contributed by atoms with E-state index in [1.54, 1.807) is 13.8 Å². The monoisotopic (exact) mass is 291 g/mol. The number of rotatable bonds is 4. The second-order valence-corrected chi connectivity index (χ2v) is 3.96. The van der Waals surface area contributed by atoms with Gasteiger partial charge in [-0.05, 0) is 19.9 Å². The number of carbonyl (C=O) groups is 2. The van der Waals surface area contributed by atoms with Gasteiger partial charge >= 0.3 is 11.9 Å². The summed E-state index contributed by atoms with van der Waals surface area (Å²) in [4.78, 5) is 39.5. The number of aromatic nitrogens is 1. The van der Waals surface area contributed by atoms with Crippen molar-refractivity contribution in [3.8, 4) is 0 Å². The van der Waals surface area contributed by atoms with Crippen LogP contribution in [0.15, 0.2) is 27.6 Å². The van der Waals surface area contributed by atoms with Crippen molar-refractivity contribution >= 4 is 23.0 Å². The van der Waals surface area contributed by atoms with Crippen molar-refractivity contribution < 1.29 is 23.5 Å². The molecule has 0 amide bonds. The van der Waals surface area contributed by atoms with E-state index in [1.807, 2.05) is 0 Å². The Hall–Kier alpha value is -2.70. The van der Waals surface area contributed by atoms with Crippen LogP contribution >= 0.6 is 0 Å². The molecule has 2 aromatic rings. The standard InChI is InChI=1S/C14H13NO6/c1-3-19-13(17)9-7-8-10(16)5-6-21-12(8)15-11(9)14(18)20-4-2/h5-7H,3-4H2,1-2H3. The van der Waals surface area contributed by atoms with Crippen molar-refractivity contribution in [3.63, 3.8) is 0 Å². The largest absolute Gasteiger partial charge is 0.462 e. The molecule has 0 N–H and O–H groups in total. The van der Waals surface area contributed by atoms with E-state index in [0.29, 0.717) is 0 Å². The number of ether oxygens (including phenoxy) is 2. The number of pyridine rings is 1. The minimum Gasteiger partial charge on any atom is -0.462 e. The smallest absolute Gasteiger partial charge is 0.357 e. The Kier molecular flexibility index (Phi) is 4.32. The summed E-state index contributed by atoms with van der Waals surface area (Å²) >= 11 is 0. The summed E-state index contributed by atoms with van der Waals surface area (Å²) in [7, 11) is 0. The first kappa shape index (κ1) is 14.7. The third kappa shape index (κ3) is 2.91. The molecule has 0 spiro atoms. The molecule has 7 nitrogen and oxygen atoms in total. The van der Waals surface area contributed by atoms with Gasteiger partial charge in [0.15, 0.2) is 11.1 Å². The maximum atomic E-state index is 11.9. The molecular formula is C14H13NO6. The molecule has 0 atom stereocenters. The van der Waals surface area contributed by atoms with E-state index < -0.39 is 11.9 Å².